The molecule has 1 heterocycles. The number of thioether (sulfide) groups is 1. The van der Waals surface area contributed by atoms with Crippen molar-refractivity contribution in [3.05, 3.63) is 93.2 Å². The highest BCUT2D eigenvalue weighted by Gasteiger charge is 2.13. The summed E-state index contributed by atoms with van der Waals surface area (Å²) in [6, 6.07) is 15.8. The maximum atomic E-state index is 13.4. The van der Waals surface area contributed by atoms with Crippen LogP contribution < -0.4 is 5.56 Å². The van der Waals surface area contributed by atoms with E-state index in [9.17, 15) is 9.18 Å². The fourth-order valence-corrected chi connectivity index (χ4v) is 4.51. The number of aromatic nitrogens is 2. The van der Waals surface area contributed by atoms with Crippen molar-refractivity contribution in [3.8, 4) is 11.1 Å². The van der Waals surface area contributed by atoms with Gasteiger partial charge in [0.25, 0.3) is 5.56 Å². The number of hydrogen-bond acceptors (Lipinski definition) is 3. The summed E-state index contributed by atoms with van der Waals surface area (Å²) in [7, 11) is 0. The lowest BCUT2D eigenvalue weighted by atomic mass is 10.00. The predicted molar refractivity (Wildman–Crippen MR) is 123 cm³/mol. The summed E-state index contributed by atoms with van der Waals surface area (Å²) in [6.45, 7) is 4.42. The summed E-state index contributed by atoms with van der Waals surface area (Å²) in [4.78, 5) is 19.0. The molecule has 0 N–H and O–H groups in total. The van der Waals surface area contributed by atoms with Gasteiger partial charge in [-0.1, -0.05) is 30.7 Å². The molecule has 0 bridgehead atoms. The van der Waals surface area contributed by atoms with Gasteiger partial charge in [0.05, 0.1) is 23.8 Å². The zero-order valence-electron chi connectivity index (χ0n) is 16.7. The highest BCUT2D eigenvalue weighted by molar-refractivity contribution is 7.99. The van der Waals surface area contributed by atoms with Gasteiger partial charge in [0.1, 0.15) is 5.82 Å². The summed E-state index contributed by atoms with van der Waals surface area (Å²) in [5.74, 6) is 0.632. The van der Waals surface area contributed by atoms with Crippen molar-refractivity contribution in [1.29, 1.82) is 0 Å². The van der Waals surface area contributed by atoms with Crippen molar-refractivity contribution in [2.24, 2.45) is 0 Å². The average Bonchev–Trinajstić information content (AvgIpc) is 2.72. The lowest BCUT2D eigenvalue weighted by Gasteiger charge is -2.13. The van der Waals surface area contributed by atoms with Gasteiger partial charge in [-0.3, -0.25) is 9.36 Å². The smallest absolute Gasteiger partial charge is 0.261 e. The minimum Gasteiger partial charge on any atom is -0.294 e. The Morgan fingerprint density at radius 3 is 2.60 bits per heavy atom. The van der Waals surface area contributed by atoms with E-state index in [4.69, 9.17) is 11.6 Å². The van der Waals surface area contributed by atoms with Crippen LogP contribution in [-0.4, -0.2) is 15.3 Å². The first-order valence-electron chi connectivity index (χ1n) is 9.63. The van der Waals surface area contributed by atoms with Crippen LogP contribution in [0.5, 0.6) is 0 Å². The summed E-state index contributed by atoms with van der Waals surface area (Å²) < 4.78 is 15.0. The topological polar surface area (TPSA) is 34.9 Å². The summed E-state index contributed by atoms with van der Waals surface area (Å²) in [5, 5.41) is 1.19. The Morgan fingerprint density at radius 2 is 1.87 bits per heavy atom. The number of hydrogen-bond donors (Lipinski definition) is 0. The maximum absolute atomic E-state index is 13.4. The summed E-state index contributed by atoms with van der Waals surface area (Å²) >= 11 is 7.92. The highest BCUT2D eigenvalue weighted by atomic mass is 35.5. The Balaban J connectivity index is 1.83. The molecule has 6 heteroatoms. The number of nitrogens with zero attached hydrogens (tertiary/aromatic N) is 2. The normalized spacial score (nSPS) is 11.2. The number of fused-ring (bicyclic) bond motifs is 1. The molecule has 3 nitrogen and oxygen atoms in total. The monoisotopic (exact) mass is 438 g/mol. The van der Waals surface area contributed by atoms with Crippen molar-refractivity contribution < 1.29 is 4.39 Å². The fraction of sp³-hybridized carbons (Fsp3) is 0.167. The van der Waals surface area contributed by atoms with Crippen molar-refractivity contribution in [3.63, 3.8) is 0 Å². The quantitative estimate of drug-likeness (QED) is 0.342. The Kier molecular flexibility index (Phi) is 5.93. The molecule has 4 aromatic rings. The summed E-state index contributed by atoms with van der Waals surface area (Å²) in [6.07, 6.45) is 1.58. The van der Waals surface area contributed by atoms with Gasteiger partial charge in [-0.05, 0) is 71.8 Å². The van der Waals surface area contributed by atoms with E-state index in [2.05, 4.69) is 11.9 Å². The van der Waals surface area contributed by atoms with E-state index in [0.717, 1.165) is 32.9 Å². The second-order valence-corrected chi connectivity index (χ2v) is 8.82. The van der Waals surface area contributed by atoms with E-state index in [1.165, 1.54) is 12.1 Å². The van der Waals surface area contributed by atoms with E-state index < -0.39 is 0 Å². The number of aryl methyl sites for hydroxylation is 1. The first-order valence-corrected chi connectivity index (χ1v) is 11.0. The Morgan fingerprint density at radius 1 is 1.10 bits per heavy atom. The third-order valence-electron chi connectivity index (χ3n) is 4.89. The van der Waals surface area contributed by atoms with E-state index in [1.807, 2.05) is 37.3 Å². The van der Waals surface area contributed by atoms with Crippen LogP contribution in [-0.2, 0) is 6.54 Å². The molecule has 152 valence electrons. The van der Waals surface area contributed by atoms with Gasteiger partial charge >= 0.3 is 0 Å². The molecule has 0 saturated heterocycles. The van der Waals surface area contributed by atoms with Crippen LogP contribution in [0.15, 0.2) is 70.6 Å². The number of rotatable bonds is 5. The van der Waals surface area contributed by atoms with E-state index >= 15 is 0 Å². The van der Waals surface area contributed by atoms with Gasteiger partial charge < -0.3 is 0 Å². The van der Waals surface area contributed by atoms with Gasteiger partial charge in [0.2, 0.25) is 0 Å². The molecule has 4 rings (SSSR count). The van der Waals surface area contributed by atoms with Crippen LogP contribution in [0.1, 0.15) is 18.1 Å². The molecular weight excluding hydrogens is 419 g/mol. The molecule has 0 aliphatic carbocycles. The second-order valence-electron chi connectivity index (χ2n) is 7.08. The minimum absolute atomic E-state index is 0.112. The molecule has 3 aromatic carbocycles. The van der Waals surface area contributed by atoms with Crippen LogP contribution in [0.4, 0.5) is 4.39 Å². The van der Waals surface area contributed by atoms with E-state index in [0.29, 0.717) is 22.5 Å². The molecule has 0 amide bonds. The summed E-state index contributed by atoms with van der Waals surface area (Å²) in [5.41, 5.74) is 4.08. The molecule has 0 unspecified atom stereocenters. The first-order chi connectivity index (χ1) is 14.5. The van der Waals surface area contributed by atoms with Gasteiger partial charge in [-0.15, -0.1) is 11.8 Å². The van der Waals surface area contributed by atoms with Gasteiger partial charge in [-0.2, -0.15) is 0 Å². The Labute approximate surface area is 183 Å². The van der Waals surface area contributed by atoms with Crippen LogP contribution in [0.2, 0.25) is 5.02 Å². The molecular formula is C24H20ClFN2OS. The van der Waals surface area contributed by atoms with Gasteiger partial charge in [-0.25, -0.2) is 9.37 Å². The van der Waals surface area contributed by atoms with E-state index in [-0.39, 0.29) is 11.4 Å². The highest BCUT2D eigenvalue weighted by Crippen LogP contribution is 2.29. The Bertz CT molecular complexity index is 1290. The minimum atomic E-state index is -0.298. The van der Waals surface area contributed by atoms with Crippen LogP contribution in [0.25, 0.3) is 22.0 Å². The molecule has 0 atom stereocenters. The van der Waals surface area contributed by atoms with Crippen LogP contribution in [0.3, 0.4) is 0 Å². The van der Waals surface area contributed by atoms with E-state index in [1.54, 1.807) is 34.8 Å². The van der Waals surface area contributed by atoms with Crippen LogP contribution in [0, 0.1) is 12.7 Å². The van der Waals surface area contributed by atoms with Crippen molar-refractivity contribution in [2.75, 3.05) is 5.75 Å². The number of benzene rings is 3. The lowest BCUT2D eigenvalue weighted by Crippen LogP contribution is -2.21. The molecule has 1 aromatic heterocycles. The van der Waals surface area contributed by atoms with Crippen LogP contribution >= 0.6 is 23.4 Å². The third kappa shape index (κ3) is 4.13. The largest absolute Gasteiger partial charge is 0.294 e. The molecule has 30 heavy (non-hydrogen) atoms. The molecule has 0 radical (unpaired) electrons. The third-order valence-corrected chi connectivity index (χ3v) is 6.12. The van der Waals surface area contributed by atoms with Crippen molar-refractivity contribution in [1.82, 2.24) is 9.55 Å². The standard InChI is InChI=1S/C24H20ClFN2OS/c1-3-30-22-9-6-18(25)12-17(22)13-28-14-27-23-20(16-4-7-19(26)8-5-16)10-15(2)11-21(23)24(28)29/h4-12,14H,3,13H2,1-2H3. The molecule has 0 fully saturated rings. The van der Waals surface area contributed by atoms with Gasteiger partial charge in [0, 0.05) is 15.5 Å². The molecule has 0 aliphatic heterocycles. The Hall–Kier alpha value is -2.63. The maximum Gasteiger partial charge on any atom is 0.261 e. The SMILES string of the molecule is CCSc1ccc(Cl)cc1Cn1cnc2c(-c3ccc(F)cc3)cc(C)cc2c1=O. The molecule has 0 spiro atoms. The van der Waals surface area contributed by atoms with Crippen molar-refractivity contribution in [2.45, 2.75) is 25.3 Å². The van der Waals surface area contributed by atoms with Gasteiger partial charge in [0.15, 0.2) is 0 Å². The first kappa shape index (κ1) is 20.6. The zero-order valence-corrected chi connectivity index (χ0v) is 18.2. The lowest BCUT2D eigenvalue weighted by molar-refractivity contribution is 0.628. The molecule has 0 saturated carbocycles. The number of halogens is 2. The molecule has 0 aliphatic rings. The average molecular weight is 439 g/mol. The van der Waals surface area contributed by atoms with Crippen molar-refractivity contribution >= 4 is 34.3 Å². The predicted octanol–water partition coefficient (Wildman–Crippen LogP) is 6.32. The second kappa shape index (κ2) is 8.62. The fourth-order valence-electron chi connectivity index (χ4n) is 3.53. The zero-order chi connectivity index (χ0) is 21.3.